The van der Waals surface area contributed by atoms with E-state index >= 15 is 0 Å². The summed E-state index contributed by atoms with van der Waals surface area (Å²) in [5.74, 6) is 1.04. The second-order valence-corrected chi connectivity index (χ2v) is 8.21. The lowest BCUT2D eigenvalue weighted by molar-refractivity contribution is 0.131. The van der Waals surface area contributed by atoms with Crippen molar-refractivity contribution in [3.8, 4) is 5.75 Å². The van der Waals surface area contributed by atoms with Crippen LogP contribution in [0, 0.1) is 0 Å². The molecule has 168 valence electrons. The highest BCUT2D eigenvalue weighted by Crippen LogP contribution is 2.34. The molecule has 3 heterocycles. The number of pyridine rings is 1. The van der Waals surface area contributed by atoms with Crippen LogP contribution in [0.25, 0.3) is 10.9 Å². The van der Waals surface area contributed by atoms with Crippen molar-refractivity contribution in [1.29, 1.82) is 0 Å². The van der Waals surface area contributed by atoms with Gasteiger partial charge in [-0.15, -0.1) is 0 Å². The van der Waals surface area contributed by atoms with Gasteiger partial charge in [0.15, 0.2) is 0 Å². The smallest absolute Gasteiger partial charge is 0.208 e. The molecule has 4 aromatic rings. The Hall–Kier alpha value is -3.62. The zero-order valence-electron chi connectivity index (χ0n) is 18.0. The van der Waals surface area contributed by atoms with Gasteiger partial charge in [0.05, 0.1) is 28.9 Å². The van der Waals surface area contributed by atoms with Gasteiger partial charge >= 0.3 is 0 Å². The third kappa shape index (κ3) is 4.48. The molecule has 3 N–H and O–H groups in total. The van der Waals surface area contributed by atoms with E-state index in [1.807, 2.05) is 54.6 Å². The Kier molecular flexibility index (Phi) is 5.85. The Morgan fingerprint density at radius 3 is 2.88 bits per heavy atom. The first-order valence-electron chi connectivity index (χ1n) is 10.6. The fourth-order valence-electron chi connectivity index (χ4n) is 3.83. The SMILES string of the molecule is CC1COC(Nc2ccc3ncnc(N)c3c2)N1c1ccc(OCc2ccccn2)c(Cl)c1. The average molecular weight is 463 g/mol. The van der Waals surface area contributed by atoms with Crippen molar-refractivity contribution in [2.75, 3.05) is 22.6 Å². The molecule has 2 aromatic heterocycles. The monoisotopic (exact) mass is 462 g/mol. The number of benzene rings is 2. The van der Waals surface area contributed by atoms with Crippen LogP contribution < -0.4 is 20.7 Å². The summed E-state index contributed by atoms with van der Waals surface area (Å²) in [7, 11) is 0. The van der Waals surface area contributed by atoms with Crippen molar-refractivity contribution in [3.63, 3.8) is 0 Å². The van der Waals surface area contributed by atoms with Crippen molar-refractivity contribution in [2.24, 2.45) is 0 Å². The average Bonchev–Trinajstić information content (AvgIpc) is 3.19. The van der Waals surface area contributed by atoms with Crippen LogP contribution in [0.3, 0.4) is 0 Å². The number of aromatic nitrogens is 3. The number of rotatable bonds is 6. The lowest BCUT2D eigenvalue weighted by Gasteiger charge is -2.30. The number of nitrogens with zero attached hydrogens (tertiary/aromatic N) is 4. The van der Waals surface area contributed by atoms with Crippen molar-refractivity contribution in [3.05, 3.63) is 77.8 Å². The third-order valence-electron chi connectivity index (χ3n) is 5.49. The molecule has 9 heteroatoms. The van der Waals surface area contributed by atoms with Gasteiger partial charge in [0, 0.05) is 23.0 Å². The highest BCUT2D eigenvalue weighted by molar-refractivity contribution is 6.32. The largest absolute Gasteiger partial charge is 0.486 e. The molecular weight excluding hydrogens is 440 g/mol. The molecule has 1 aliphatic heterocycles. The number of anilines is 3. The van der Waals surface area contributed by atoms with Crippen LogP contribution in [0.4, 0.5) is 17.2 Å². The summed E-state index contributed by atoms with van der Waals surface area (Å²) < 4.78 is 11.9. The quantitative estimate of drug-likeness (QED) is 0.433. The minimum absolute atomic E-state index is 0.146. The molecular formula is C24H23ClN6O2. The standard InChI is InChI=1S/C24H23ClN6O2/c1-15-12-33-24(30-16-5-7-21-19(10-16)23(26)29-14-28-21)31(15)18-6-8-22(20(25)11-18)32-13-17-4-2-3-9-27-17/h2-11,14-15,24,30H,12-13H2,1H3,(H2,26,28,29). The second-order valence-electron chi connectivity index (χ2n) is 7.80. The number of nitrogens with two attached hydrogens (primary N) is 1. The number of fused-ring (bicyclic) bond motifs is 1. The number of nitrogens with one attached hydrogen (secondary N) is 1. The van der Waals surface area contributed by atoms with Gasteiger partial charge in [-0.1, -0.05) is 17.7 Å². The molecule has 2 atom stereocenters. The zero-order chi connectivity index (χ0) is 22.8. The van der Waals surface area contributed by atoms with E-state index in [1.54, 1.807) is 6.20 Å². The van der Waals surface area contributed by atoms with Gasteiger partial charge in [0.1, 0.15) is 24.5 Å². The van der Waals surface area contributed by atoms with Crippen LogP contribution in [0.1, 0.15) is 12.6 Å². The number of halogens is 1. The molecule has 1 saturated heterocycles. The lowest BCUT2D eigenvalue weighted by atomic mass is 10.2. The molecule has 0 saturated carbocycles. The lowest BCUT2D eigenvalue weighted by Crippen LogP contribution is -2.40. The molecule has 1 fully saturated rings. The Morgan fingerprint density at radius 1 is 1.15 bits per heavy atom. The van der Waals surface area contributed by atoms with Gasteiger partial charge in [-0.2, -0.15) is 0 Å². The Labute approximate surface area is 196 Å². The zero-order valence-corrected chi connectivity index (χ0v) is 18.7. The van der Waals surface area contributed by atoms with E-state index in [0.29, 0.717) is 29.8 Å². The first-order valence-corrected chi connectivity index (χ1v) is 11.0. The molecule has 1 aliphatic rings. The number of hydrogen-bond donors (Lipinski definition) is 2. The Morgan fingerprint density at radius 2 is 2.06 bits per heavy atom. The molecule has 0 spiro atoms. The summed E-state index contributed by atoms with van der Waals surface area (Å²) in [4.78, 5) is 14.7. The molecule has 8 nitrogen and oxygen atoms in total. The molecule has 2 unspecified atom stereocenters. The first kappa shape index (κ1) is 21.2. The highest BCUT2D eigenvalue weighted by Gasteiger charge is 2.32. The van der Waals surface area contributed by atoms with Crippen molar-refractivity contribution in [2.45, 2.75) is 25.9 Å². The predicted octanol–water partition coefficient (Wildman–Crippen LogP) is 4.46. The van der Waals surface area contributed by atoms with Crippen LogP contribution in [0.2, 0.25) is 5.02 Å². The van der Waals surface area contributed by atoms with E-state index in [1.165, 1.54) is 6.33 Å². The van der Waals surface area contributed by atoms with Crippen LogP contribution in [-0.2, 0) is 11.3 Å². The maximum absolute atomic E-state index is 6.55. The highest BCUT2D eigenvalue weighted by atomic mass is 35.5. The maximum atomic E-state index is 6.55. The van der Waals surface area contributed by atoms with Gasteiger partial charge in [-0.05, 0) is 55.5 Å². The van der Waals surface area contributed by atoms with Crippen LogP contribution in [0.15, 0.2) is 67.1 Å². The summed E-state index contributed by atoms with van der Waals surface area (Å²) in [5, 5.41) is 4.74. The van der Waals surface area contributed by atoms with Gasteiger partial charge in [-0.3, -0.25) is 4.98 Å². The van der Waals surface area contributed by atoms with E-state index in [0.717, 1.165) is 28.0 Å². The number of hydrogen-bond acceptors (Lipinski definition) is 8. The minimum atomic E-state index is -0.375. The molecule has 0 aliphatic carbocycles. The maximum Gasteiger partial charge on any atom is 0.208 e. The van der Waals surface area contributed by atoms with Gasteiger partial charge in [0.25, 0.3) is 0 Å². The van der Waals surface area contributed by atoms with Gasteiger partial charge in [-0.25, -0.2) is 9.97 Å². The Bertz CT molecular complexity index is 1270. The molecule has 5 rings (SSSR count). The summed E-state index contributed by atoms with van der Waals surface area (Å²) in [6, 6.07) is 17.4. The van der Waals surface area contributed by atoms with Crippen LogP contribution in [0.5, 0.6) is 5.75 Å². The fourth-order valence-corrected chi connectivity index (χ4v) is 4.06. The molecule has 33 heavy (non-hydrogen) atoms. The predicted molar refractivity (Wildman–Crippen MR) is 129 cm³/mol. The molecule has 0 radical (unpaired) electrons. The molecule has 2 aromatic carbocycles. The van der Waals surface area contributed by atoms with Gasteiger partial charge < -0.3 is 25.4 Å². The van der Waals surface area contributed by atoms with E-state index in [-0.39, 0.29) is 12.4 Å². The molecule has 0 bridgehead atoms. The summed E-state index contributed by atoms with van der Waals surface area (Å²) >= 11 is 6.55. The topological polar surface area (TPSA) is 98.4 Å². The second kappa shape index (κ2) is 9.09. The van der Waals surface area contributed by atoms with Crippen LogP contribution in [-0.4, -0.2) is 34.0 Å². The minimum Gasteiger partial charge on any atom is -0.486 e. The van der Waals surface area contributed by atoms with Gasteiger partial charge in [0.2, 0.25) is 6.35 Å². The number of ether oxygens (including phenoxy) is 2. The third-order valence-corrected chi connectivity index (χ3v) is 5.79. The Balaban J connectivity index is 1.34. The van der Waals surface area contributed by atoms with E-state index in [2.05, 4.69) is 32.1 Å². The fraction of sp³-hybridized carbons (Fsp3) is 0.208. The van der Waals surface area contributed by atoms with Crippen molar-refractivity contribution >= 4 is 39.7 Å². The first-order chi connectivity index (χ1) is 16.1. The summed E-state index contributed by atoms with van der Waals surface area (Å²) in [5.41, 5.74) is 9.43. The van der Waals surface area contributed by atoms with E-state index in [9.17, 15) is 0 Å². The van der Waals surface area contributed by atoms with Crippen molar-refractivity contribution in [1.82, 2.24) is 15.0 Å². The van der Waals surface area contributed by atoms with E-state index in [4.69, 9.17) is 26.8 Å². The molecule has 0 amide bonds. The van der Waals surface area contributed by atoms with Crippen molar-refractivity contribution < 1.29 is 9.47 Å². The summed E-state index contributed by atoms with van der Waals surface area (Å²) in [6.45, 7) is 3.03. The normalized spacial score (nSPS) is 17.9. The number of nitrogen functional groups attached to an aromatic ring is 1. The summed E-state index contributed by atoms with van der Waals surface area (Å²) in [6.07, 6.45) is 2.82. The van der Waals surface area contributed by atoms with Crippen LogP contribution >= 0.6 is 11.6 Å². The van der Waals surface area contributed by atoms with E-state index < -0.39 is 0 Å².